The molecule has 6 heteroatoms. The first-order chi connectivity index (χ1) is 12.6. The largest absolute Gasteiger partial charge is 0.459 e. The predicted octanol–water partition coefficient (Wildman–Crippen LogP) is 2.99. The van der Waals surface area contributed by atoms with Crippen LogP contribution >= 0.6 is 0 Å². The number of nitrogens with one attached hydrogen (secondary N) is 2. The molecule has 1 fully saturated rings. The fraction of sp³-hybridized carbons (Fsp3) is 0.400. The van der Waals surface area contributed by atoms with Crippen LogP contribution in [-0.2, 0) is 0 Å². The van der Waals surface area contributed by atoms with Crippen LogP contribution in [0.2, 0.25) is 0 Å². The average Bonchev–Trinajstić information content (AvgIpc) is 3.19. The number of likely N-dealkylation sites (tertiary alicyclic amines) is 1. The van der Waals surface area contributed by atoms with Gasteiger partial charge in [-0.05, 0) is 81.7 Å². The molecule has 6 nitrogen and oxygen atoms in total. The zero-order chi connectivity index (χ0) is 18.4. The van der Waals surface area contributed by atoms with Crippen LogP contribution in [0.5, 0.6) is 0 Å². The molecule has 0 bridgehead atoms. The standard InChI is InChI=1S/C20H25N3O3/c1-23-12-9-15(10-13-23)8-11-21-19(24)16-4-6-17(7-5-16)22-20(25)18-3-2-14-26-18/h2-7,14-15H,8-13H2,1H3,(H,21,24)(H,22,25). The Kier molecular flexibility index (Phi) is 6.07. The lowest BCUT2D eigenvalue weighted by Crippen LogP contribution is -2.32. The smallest absolute Gasteiger partial charge is 0.291 e. The molecule has 2 aromatic rings. The van der Waals surface area contributed by atoms with Crippen molar-refractivity contribution in [2.24, 2.45) is 5.92 Å². The van der Waals surface area contributed by atoms with Crippen LogP contribution in [0.1, 0.15) is 40.2 Å². The SMILES string of the molecule is CN1CCC(CCNC(=O)c2ccc(NC(=O)c3ccco3)cc2)CC1. The minimum Gasteiger partial charge on any atom is -0.459 e. The van der Waals surface area contributed by atoms with Crippen molar-refractivity contribution in [2.45, 2.75) is 19.3 Å². The van der Waals surface area contributed by atoms with Crippen LogP contribution in [-0.4, -0.2) is 43.4 Å². The van der Waals surface area contributed by atoms with E-state index in [0.717, 1.165) is 19.5 Å². The van der Waals surface area contributed by atoms with Gasteiger partial charge in [0.2, 0.25) is 0 Å². The summed E-state index contributed by atoms with van der Waals surface area (Å²) in [4.78, 5) is 26.5. The zero-order valence-electron chi connectivity index (χ0n) is 15.0. The number of furan rings is 1. The fourth-order valence-corrected chi connectivity index (χ4v) is 3.15. The van der Waals surface area contributed by atoms with Crippen LogP contribution in [0.4, 0.5) is 5.69 Å². The highest BCUT2D eigenvalue weighted by Crippen LogP contribution is 2.19. The fourth-order valence-electron chi connectivity index (χ4n) is 3.15. The number of piperidine rings is 1. The van der Waals surface area contributed by atoms with Crippen molar-refractivity contribution >= 4 is 17.5 Å². The Labute approximate surface area is 153 Å². The molecule has 2 amide bonds. The molecule has 0 unspecified atom stereocenters. The Morgan fingerprint density at radius 1 is 1.12 bits per heavy atom. The third-order valence-electron chi connectivity index (χ3n) is 4.83. The second-order valence-corrected chi connectivity index (χ2v) is 6.80. The summed E-state index contributed by atoms with van der Waals surface area (Å²) in [7, 11) is 2.15. The number of amides is 2. The Morgan fingerprint density at radius 2 is 1.85 bits per heavy atom. The molecule has 0 aliphatic carbocycles. The molecule has 1 aliphatic heterocycles. The monoisotopic (exact) mass is 355 g/mol. The predicted molar refractivity (Wildman–Crippen MR) is 100 cm³/mol. The Balaban J connectivity index is 1.44. The molecule has 2 heterocycles. The number of benzene rings is 1. The van der Waals surface area contributed by atoms with Gasteiger partial charge < -0.3 is 20.0 Å². The lowest BCUT2D eigenvalue weighted by Gasteiger charge is -2.28. The van der Waals surface area contributed by atoms with Crippen molar-refractivity contribution in [3.05, 3.63) is 54.0 Å². The Hall–Kier alpha value is -2.60. The highest BCUT2D eigenvalue weighted by atomic mass is 16.3. The van der Waals surface area contributed by atoms with Gasteiger partial charge in [-0.1, -0.05) is 0 Å². The van der Waals surface area contributed by atoms with E-state index in [1.165, 1.54) is 19.1 Å². The van der Waals surface area contributed by atoms with Gasteiger partial charge in [0.1, 0.15) is 0 Å². The summed E-state index contributed by atoms with van der Waals surface area (Å²) in [5.41, 5.74) is 1.21. The van der Waals surface area contributed by atoms with E-state index in [1.54, 1.807) is 36.4 Å². The maximum Gasteiger partial charge on any atom is 0.291 e. The average molecular weight is 355 g/mol. The summed E-state index contributed by atoms with van der Waals surface area (Å²) >= 11 is 0. The third-order valence-corrected chi connectivity index (χ3v) is 4.83. The lowest BCUT2D eigenvalue weighted by molar-refractivity contribution is 0.0948. The third kappa shape index (κ3) is 4.95. The van der Waals surface area contributed by atoms with Crippen LogP contribution in [0, 0.1) is 5.92 Å². The van der Waals surface area contributed by atoms with E-state index in [1.807, 2.05) is 0 Å². The van der Waals surface area contributed by atoms with E-state index in [2.05, 4.69) is 22.6 Å². The molecule has 1 aromatic heterocycles. The highest BCUT2D eigenvalue weighted by Gasteiger charge is 2.16. The topological polar surface area (TPSA) is 74.6 Å². The van der Waals surface area contributed by atoms with Crippen molar-refractivity contribution < 1.29 is 14.0 Å². The van der Waals surface area contributed by atoms with Gasteiger partial charge in [-0.2, -0.15) is 0 Å². The molecule has 3 rings (SSSR count). The molecule has 0 spiro atoms. The van der Waals surface area contributed by atoms with Crippen molar-refractivity contribution in [3.63, 3.8) is 0 Å². The first-order valence-electron chi connectivity index (χ1n) is 9.03. The Morgan fingerprint density at radius 3 is 2.50 bits per heavy atom. The summed E-state index contributed by atoms with van der Waals surface area (Å²) in [6.45, 7) is 2.98. The molecule has 1 saturated heterocycles. The van der Waals surface area contributed by atoms with Gasteiger partial charge in [0.25, 0.3) is 11.8 Å². The van der Waals surface area contributed by atoms with Crippen LogP contribution in [0.25, 0.3) is 0 Å². The number of rotatable bonds is 6. The molecule has 26 heavy (non-hydrogen) atoms. The number of hydrogen-bond donors (Lipinski definition) is 2. The first kappa shape index (κ1) is 18.2. The molecule has 0 saturated carbocycles. The minimum atomic E-state index is -0.315. The van der Waals surface area contributed by atoms with Gasteiger partial charge >= 0.3 is 0 Å². The van der Waals surface area contributed by atoms with Gasteiger partial charge in [0.05, 0.1) is 6.26 Å². The number of nitrogens with zero attached hydrogens (tertiary/aromatic N) is 1. The normalized spacial score (nSPS) is 15.6. The maximum absolute atomic E-state index is 12.2. The van der Waals surface area contributed by atoms with Crippen LogP contribution < -0.4 is 10.6 Å². The molecule has 1 aliphatic rings. The van der Waals surface area contributed by atoms with E-state index in [4.69, 9.17) is 4.42 Å². The van der Waals surface area contributed by atoms with Crippen molar-refractivity contribution in [1.82, 2.24) is 10.2 Å². The summed E-state index contributed by atoms with van der Waals surface area (Å²) in [6, 6.07) is 10.1. The van der Waals surface area contributed by atoms with E-state index >= 15 is 0 Å². The second kappa shape index (κ2) is 8.67. The number of carbonyl (C=O) groups is 2. The quantitative estimate of drug-likeness (QED) is 0.835. The van der Waals surface area contributed by atoms with Crippen LogP contribution in [0.15, 0.2) is 47.1 Å². The van der Waals surface area contributed by atoms with Crippen LogP contribution in [0.3, 0.4) is 0 Å². The molecular weight excluding hydrogens is 330 g/mol. The number of anilines is 1. The number of carbonyl (C=O) groups excluding carboxylic acids is 2. The number of hydrogen-bond acceptors (Lipinski definition) is 4. The molecule has 0 radical (unpaired) electrons. The van der Waals surface area contributed by atoms with E-state index in [-0.39, 0.29) is 17.6 Å². The van der Waals surface area contributed by atoms with Gasteiger partial charge in [-0.15, -0.1) is 0 Å². The van der Waals surface area contributed by atoms with Gasteiger partial charge in [0.15, 0.2) is 5.76 Å². The van der Waals surface area contributed by atoms with E-state index in [0.29, 0.717) is 23.7 Å². The summed E-state index contributed by atoms with van der Waals surface area (Å²) in [6.07, 6.45) is 4.89. The molecule has 1 aromatic carbocycles. The van der Waals surface area contributed by atoms with Gasteiger partial charge in [-0.25, -0.2) is 0 Å². The van der Waals surface area contributed by atoms with Gasteiger partial charge in [-0.3, -0.25) is 9.59 Å². The zero-order valence-corrected chi connectivity index (χ0v) is 15.0. The van der Waals surface area contributed by atoms with Crippen molar-refractivity contribution in [2.75, 3.05) is 32.0 Å². The van der Waals surface area contributed by atoms with Gasteiger partial charge in [0, 0.05) is 17.8 Å². The summed E-state index contributed by atoms with van der Waals surface area (Å²) in [5.74, 6) is 0.554. The summed E-state index contributed by atoms with van der Waals surface area (Å²) < 4.78 is 5.05. The highest BCUT2D eigenvalue weighted by molar-refractivity contribution is 6.02. The Bertz CT molecular complexity index is 717. The second-order valence-electron chi connectivity index (χ2n) is 6.80. The molecular formula is C20H25N3O3. The van der Waals surface area contributed by atoms with E-state index in [9.17, 15) is 9.59 Å². The molecule has 2 N–H and O–H groups in total. The van der Waals surface area contributed by atoms with Crippen molar-refractivity contribution in [1.29, 1.82) is 0 Å². The minimum absolute atomic E-state index is 0.0816. The molecule has 0 atom stereocenters. The van der Waals surface area contributed by atoms with Crippen molar-refractivity contribution in [3.8, 4) is 0 Å². The lowest BCUT2D eigenvalue weighted by atomic mass is 9.94. The maximum atomic E-state index is 12.2. The summed E-state index contributed by atoms with van der Waals surface area (Å²) in [5, 5.41) is 5.72. The molecule has 138 valence electrons. The van der Waals surface area contributed by atoms with E-state index < -0.39 is 0 Å². The first-order valence-corrected chi connectivity index (χ1v) is 9.03.